The second-order valence-electron chi connectivity index (χ2n) is 3.56. The number of hydrogen-bond donors (Lipinski definition) is 2. The van der Waals surface area contributed by atoms with E-state index in [1.807, 2.05) is 0 Å². The van der Waals surface area contributed by atoms with Gasteiger partial charge in [-0.3, -0.25) is 4.79 Å². The average molecular weight is 247 g/mol. The van der Waals surface area contributed by atoms with Crippen LogP contribution in [0, 0.1) is 0 Å². The van der Waals surface area contributed by atoms with Crippen LogP contribution in [0.25, 0.3) is 0 Å². The van der Waals surface area contributed by atoms with E-state index < -0.39 is 6.04 Å². The van der Waals surface area contributed by atoms with E-state index in [9.17, 15) is 4.79 Å². The van der Waals surface area contributed by atoms with Crippen molar-refractivity contribution in [3.8, 4) is 0 Å². The number of carbonyl (C=O) groups is 1. The summed E-state index contributed by atoms with van der Waals surface area (Å²) in [7, 11) is 0. The van der Waals surface area contributed by atoms with E-state index in [0.29, 0.717) is 18.1 Å². The lowest BCUT2D eigenvalue weighted by molar-refractivity contribution is -0.144. The zero-order valence-electron chi connectivity index (χ0n) is 9.78. The molecular weight excluding hydrogens is 226 g/mol. The standard InChI is InChI=1S/C11H21NO3S/c1-3-4-5-6-15-11(14)10(12)8-16-7-9(2)13/h10,13H,2-8,12H2,1H3/t10-/m0/s1. The molecule has 0 saturated heterocycles. The smallest absolute Gasteiger partial charge is 0.323 e. The summed E-state index contributed by atoms with van der Waals surface area (Å²) in [6.45, 7) is 5.88. The van der Waals surface area contributed by atoms with Gasteiger partial charge in [0.2, 0.25) is 0 Å². The van der Waals surface area contributed by atoms with E-state index in [1.165, 1.54) is 11.8 Å². The normalized spacial score (nSPS) is 12.1. The van der Waals surface area contributed by atoms with Gasteiger partial charge in [0.1, 0.15) is 6.04 Å². The van der Waals surface area contributed by atoms with Crippen LogP contribution in [0.2, 0.25) is 0 Å². The lowest BCUT2D eigenvalue weighted by atomic mass is 10.3. The molecule has 5 heteroatoms. The van der Waals surface area contributed by atoms with Crippen LogP contribution in [-0.2, 0) is 9.53 Å². The van der Waals surface area contributed by atoms with Crippen molar-refractivity contribution in [1.29, 1.82) is 0 Å². The van der Waals surface area contributed by atoms with Crippen molar-refractivity contribution in [1.82, 2.24) is 0 Å². The van der Waals surface area contributed by atoms with E-state index >= 15 is 0 Å². The first-order chi connectivity index (χ1) is 7.57. The molecule has 0 aromatic rings. The minimum Gasteiger partial charge on any atom is -0.512 e. The molecular formula is C11H21NO3S. The lowest BCUT2D eigenvalue weighted by Gasteiger charge is -2.10. The van der Waals surface area contributed by atoms with Crippen molar-refractivity contribution in [2.24, 2.45) is 5.73 Å². The molecule has 0 aromatic carbocycles. The Kier molecular flexibility index (Phi) is 9.13. The fourth-order valence-electron chi connectivity index (χ4n) is 1.00. The van der Waals surface area contributed by atoms with E-state index in [0.717, 1.165) is 19.3 Å². The minimum absolute atomic E-state index is 0.0912. The van der Waals surface area contributed by atoms with Gasteiger partial charge in [-0.2, -0.15) is 11.8 Å². The van der Waals surface area contributed by atoms with Gasteiger partial charge in [-0.05, 0) is 6.42 Å². The Balaban J connectivity index is 3.53. The van der Waals surface area contributed by atoms with Crippen LogP contribution in [0.5, 0.6) is 0 Å². The molecule has 0 aliphatic carbocycles. The molecule has 0 aliphatic heterocycles. The molecule has 0 bridgehead atoms. The first-order valence-corrected chi connectivity index (χ1v) is 6.60. The summed E-state index contributed by atoms with van der Waals surface area (Å²) in [5.41, 5.74) is 5.61. The highest BCUT2D eigenvalue weighted by Gasteiger charge is 2.14. The number of rotatable bonds is 9. The van der Waals surface area contributed by atoms with Crippen LogP contribution in [0.15, 0.2) is 12.3 Å². The van der Waals surface area contributed by atoms with Gasteiger partial charge >= 0.3 is 5.97 Å². The maximum absolute atomic E-state index is 11.3. The van der Waals surface area contributed by atoms with E-state index in [-0.39, 0.29) is 11.7 Å². The number of hydrogen-bond acceptors (Lipinski definition) is 5. The Bertz CT molecular complexity index is 221. The van der Waals surface area contributed by atoms with Gasteiger partial charge in [0.05, 0.1) is 18.1 Å². The van der Waals surface area contributed by atoms with E-state index in [4.69, 9.17) is 15.6 Å². The largest absolute Gasteiger partial charge is 0.512 e. The molecule has 0 amide bonds. The van der Waals surface area contributed by atoms with Crippen LogP contribution in [0.3, 0.4) is 0 Å². The van der Waals surface area contributed by atoms with Crippen LogP contribution < -0.4 is 5.73 Å². The summed E-state index contributed by atoms with van der Waals surface area (Å²) in [6, 6.07) is -0.619. The Morgan fingerprint density at radius 3 is 2.81 bits per heavy atom. The number of nitrogens with two attached hydrogens (primary N) is 1. The molecule has 0 spiro atoms. The number of aliphatic hydroxyl groups excluding tert-OH is 1. The van der Waals surface area contributed by atoms with Crippen LogP contribution >= 0.6 is 11.8 Å². The van der Waals surface area contributed by atoms with Crippen molar-refractivity contribution in [2.45, 2.75) is 32.2 Å². The number of ether oxygens (including phenoxy) is 1. The Morgan fingerprint density at radius 1 is 1.56 bits per heavy atom. The molecule has 0 fully saturated rings. The highest BCUT2D eigenvalue weighted by molar-refractivity contribution is 7.99. The van der Waals surface area contributed by atoms with Gasteiger partial charge in [0.15, 0.2) is 0 Å². The van der Waals surface area contributed by atoms with E-state index in [2.05, 4.69) is 13.5 Å². The van der Waals surface area contributed by atoms with Gasteiger partial charge in [0, 0.05) is 5.75 Å². The number of carbonyl (C=O) groups excluding carboxylic acids is 1. The van der Waals surface area contributed by atoms with Gasteiger partial charge in [-0.25, -0.2) is 0 Å². The number of unbranched alkanes of at least 4 members (excludes halogenated alkanes) is 2. The maximum Gasteiger partial charge on any atom is 0.323 e. The Morgan fingerprint density at radius 2 is 2.25 bits per heavy atom. The molecule has 0 aromatic heterocycles. The first kappa shape index (κ1) is 15.3. The SMILES string of the molecule is C=C(O)CSC[C@H](N)C(=O)OCCCCC. The predicted octanol–water partition coefficient (Wildman–Crippen LogP) is 1.85. The summed E-state index contributed by atoms with van der Waals surface area (Å²) in [6.07, 6.45) is 3.04. The van der Waals surface area contributed by atoms with Crippen LogP contribution in [0.4, 0.5) is 0 Å². The second-order valence-corrected chi connectivity index (χ2v) is 4.59. The quantitative estimate of drug-likeness (QED) is 0.369. The molecule has 0 saturated carbocycles. The summed E-state index contributed by atoms with van der Waals surface area (Å²) in [5, 5.41) is 8.83. The predicted molar refractivity (Wildman–Crippen MR) is 67.6 cm³/mol. The fraction of sp³-hybridized carbons (Fsp3) is 0.727. The number of aliphatic hydroxyl groups is 1. The van der Waals surface area contributed by atoms with Gasteiger partial charge in [-0.1, -0.05) is 26.3 Å². The third-order valence-corrected chi connectivity index (χ3v) is 2.99. The summed E-state index contributed by atoms with van der Waals surface area (Å²) >= 11 is 1.37. The third-order valence-electron chi connectivity index (χ3n) is 1.86. The zero-order valence-corrected chi connectivity index (χ0v) is 10.6. The first-order valence-electron chi connectivity index (χ1n) is 5.44. The van der Waals surface area contributed by atoms with Gasteiger partial charge in [-0.15, -0.1) is 0 Å². The molecule has 0 heterocycles. The molecule has 0 radical (unpaired) electrons. The number of thioether (sulfide) groups is 1. The fourth-order valence-corrected chi connectivity index (χ4v) is 1.75. The molecule has 94 valence electrons. The van der Waals surface area contributed by atoms with Gasteiger partial charge < -0.3 is 15.6 Å². The Labute approximate surface area is 101 Å². The molecule has 16 heavy (non-hydrogen) atoms. The highest BCUT2D eigenvalue weighted by Crippen LogP contribution is 2.06. The molecule has 0 aliphatic rings. The minimum atomic E-state index is -0.619. The van der Waals surface area contributed by atoms with Crippen molar-refractivity contribution < 1.29 is 14.6 Å². The maximum atomic E-state index is 11.3. The third kappa shape index (κ3) is 8.61. The van der Waals surface area contributed by atoms with Crippen molar-refractivity contribution in [2.75, 3.05) is 18.1 Å². The summed E-state index contributed by atoms with van der Waals surface area (Å²) in [4.78, 5) is 11.3. The molecule has 0 unspecified atom stereocenters. The van der Waals surface area contributed by atoms with Crippen molar-refractivity contribution in [3.05, 3.63) is 12.3 Å². The van der Waals surface area contributed by atoms with Crippen LogP contribution in [0.1, 0.15) is 26.2 Å². The highest BCUT2D eigenvalue weighted by atomic mass is 32.2. The van der Waals surface area contributed by atoms with Crippen molar-refractivity contribution >= 4 is 17.7 Å². The number of esters is 1. The molecule has 3 N–H and O–H groups in total. The zero-order chi connectivity index (χ0) is 12.4. The summed E-state index contributed by atoms with van der Waals surface area (Å²) < 4.78 is 5.00. The summed E-state index contributed by atoms with van der Waals surface area (Å²) in [5.74, 6) is 0.559. The van der Waals surface area contributed by atoms with Gasteiger partial charge in [0.25, 0.3) is 0 Å². The lowest BCUT2D eigenvalue weighted by Crippen LogP contribution is -2.35. The van der Waals surface area contributed by atoms with Crippen LogP contribution in [-0.4, -0.2) is 35.2 Å². The molecule has 4 nitrogen and oxygen atoms in total. The molecule has 1 atom stereocenters. The topological polar surface area (TPSA) is 72.5 Å². The van der Waals surface area contributed by atoms with E-state index in [1.54, 1.807) is 0 Å². The monoisotopic (exact) mass is 247 g/mol. The molecule has 0 rings (SSSR count). The van der Waals surface area contributed by atoms with Crippen molar-refractivity contribution in [3.63, 3.8) is 0 Å². The Hall–Kier alpha value is -0.680. The average Bonchev–Trinajstić information content (AvgIpc) is 2.23. The second kappa shape index (κ2) is 9.54.